The molecule has 0 saturated carbocycles. The van der Waals surface area contributed by atoms with E-state index in [-0.39, 0.29) is 18.5 Å². The minimum Gasteiger partial charge on any atom is -0.466 e. The Morgan fingerprint density at radius 1 is 0.414 bits per heavy atom. The number of ether oxygens (including phenoxy) is 1. The number of esters is 1. The fraction of sp³-hybridized carbons (Fsp3) is 0.962. The van der Waals surface area contributed by atoms with E-state index in [1.165, 1.54) is 218 Å². The Hall–Kier alpha value is -1.14. The van der Waals surface area contributed by atoms with Crippen molar-refractivity contribution in [1.29, 1.82) is 0 Å². The molecule has 0 aromatic heterocycles. The van der Waals surface area contributed by atoms with Gasteiger partial charge in [-0.3, -0.25) is 9.59 Å². The highest BCUT2D eigenvalue weighted by atomic mass is 16.5. The summed E-state index contributed by atoms with van der Waals surface area (Å²) in [5.74, 6) is -0.0394. The van der Waals surface area contributed by atoms with Gasteiger partial charge < -0.3 is 20.3 Å². The molecule has 2 unspecified atom stereocenters. The van der Waals surface area contributed by atoms with Gasteiger partial charge in [-0.1, -0.05) is 258 Å². The fourth-order valence-corrected chi connectivity index (χ4v) is 8.35. The Kier molecular flexibility index (Phi) is 47.6. The lowest BCUT2D eigenvalue weighted by Crippen LogP contribution is -2.45. The third-order valence-electron chi connectivity index (χ3n) is 12.4. The van der Waals surface area contributed by atoms with Crippen molar-refractivity contribution in [3.63, 3.8) is 0 Å². The molecule has 0 bridgehead atoms. The van der Waals surface area contributed by atoms with Crippen molar-refractivity contribution in [3.8, 4) is 0 Å². The van der Waals surface area contributed by atoms with E-state index in [1.54, 1.807) is 0 Å². The molecule has 6 nitrogen and oxygen atoms in total. The molecule has 6 heteroatoms. The number of aliphatic hydroxyl groups excluding tert-OH is 2. The monoisotopic (exact) mass is 822 g/mol. The molecule has 1 amide bonds. The number of carbonyl (C=O) groups is 2. The van der Waals surface area contributed by atoms with E-state index < -0.39 is 12.1 Å². The van der Waals surface area contributed by atoms with Gasteiger partial charge in [-0.05, 0) is 25.7 Å². The topological polar surface area (TPSA) is 95.9 Å². The van der Waals surface area contributed by atoms with Crippen LogP contribution in [0.25, 0.3) is 0 Å². The molecule has 0 aliphatic carbocycles. The predicted octanol–water partition coefficient (Wildman–Crippen LogP) is 15.6. The van der Waals surface area contributed by atoms with Crippen molar-refractivity contribution in [2.45, 2.75) is 309 Å². The summed E-state index contributed by atoms with van der Waals surface area (Å²) >= 11 is 0. The van der Waals surface area contributed by atoms with Crippen molar-refractivity contribution in [1.82, 2.24) is 5.32 Å². The highest BCUT2D eigenvalue weighted by Crippen LogP contribution is 2.17. The van der Waals surface area contributed by atoms with E-state index in [1.807, 2.05) is 0 Å². The molecule has 58 heavy (non-hydrogen) atoms. The van der Waals surface area contributed by atoms with Crippen LogP contribution in [0.3, 0.4) is 0 Å². The van der Waals surface area contributed by atoms with Crippen LogP contribution >= 0.6 is 0 Å². The standard InChI is InChI=1S/C52H103NO5/c1-3-5-7-9-11-13-15-20-24-28-32-36-40-44-50(55)49(48-54)53-51(56)45-41-37-33-29-25-22-18-17-19-23-27-31-35-39-43-47-58-52(57)46-42-38-34-30-26-21-16-14-12-10-8-6-4-2/h49-50,54-55H,3-48H2,1-2H3,(H,53,56). The second-order valence-corrected chi connectivity index (χ2v) is 18.2. The van der Waals surface area contributed by atoms with Crippen molar-refractivity contribution in [2.24, 2.45) is 0 Å². The van der Waals surface area contributed by atoms with E-state index in [9.17, 15) is 19.8 Å². The van der Waals surface area contributed by atoms with Crippen molar-refractivity contribution in [2.75, 3.05) is 13.2 Å². The van der Waals surface area contributed by atoms with Crippen LogP contribution < -0.4 is 5.32 Å². The molecule has 0 heterocycles. The van der Waals surface area contributed by atoms with Gasteiger partial charge in [-0.25, -0.2) is 0 Å². The Labute approximate surface area is 362 Å². The number of carbonyl (C=O) groups excluding carboxylic acids is 2. The summed E-state index contributed by atoms with van der Waals surface area (Å²) < 4.78 is 5.46. The van der Waals surface area contributed by atoms with Crippen LogP contribution in [0.2, 0.25) is 0 Å². The Morgan fingerprint density at radius 3 is 1.05 bits per heavy atom. The molecule has 0 aromatic rings. The first kappa shape index (κ1) is 56.9. The Balaban J connectivity index is 3.41. The molecule has 0 aliphatic rings. The van der Waals surface area contributed by atoms with Gasteiger partial charge in [0.15, 0.2) is 0 Å². The molecule has 0 spiro atoms. The molecule has 0 aliphatic heterocycles. The van der Waals surface area contributed by atoms with Crippen LogP contribution in [-0.4, -0.2) is 47.4 Å². The van der Waals surface area contributed by atoms with Crippen molar-refractivity contribution in [3.05, 3.63) is 0 Å². The third kappa shape index (κ3) is 44.4. The summed E-state index contributed by atoms with van der Waals surface area (Å²) in [4.78, 5) is 24.4. The lowest BCUT2D eigenvalue weighted by atomic mass is 10.0. The minimum absolute atomic E-state index is 0.00274. The van der Waals surface area contributed by atoms with Crippen molar-refractivity contribution >= 4 is 11.9 Å². The second-order valence-electron chi connectivity index (χ2n) is 18.2. The number of unbranched alkanes of at least 4 members (excludes halogenated alkanes) is 38. The predicted molar refractivity (Wildman–Crippen MR) is 250 cm³/mol. The smallest absolute Gasteiger partial charge is 0.305 e. The molecule has 0 aromatic carbocycles. The molecule has 0 rings (SSSR count). The normalized spacial score (nSPS) is 12.6. The molecular weight excluding hydrogens is 719 g/mol. The summed E-state index contributed by atoms with van der Waals surface area (Å²) in [5.41, 5.74) is 0. The zero-order valence-electron chi connectivity index (χ0n) is 39.3. The van der Waals surface area contributed by atoms with E-state index in [0.717, 1.165) is 44.9 Å². The van der Waals surface area contributed by atoms with E-state index in [2.05, 4.69) is 19.2 Å². The molecule has 0 radical (unpaired) electrons. The number of aliphatic hydroxyl groups is 2. The number of hydrogen-bond donors (Lipinski definition) is 3. The number of hydrogen-bond acceptors (Lipinski definition) is 5. The number of rotatable bonds is 49. The maximum absolute atomic E-state index is 12.4. The van der Waals surface area contributed by atoms with Crippen LogP contribution in [0, 0.1) is 0 Å². The lowest BCUT2D eigenvalue weighted by molar-refractivity contribution is -0.143. The van der Waals surface area contributed by atoms with Gasteiger partial charge in [-0.15, -0.1) is 0 Å². The maximum atomic E-state index is 12.4. The highest BCUT2D eigenvalue weighted by molar-refractivity contribution is 5.76. The molecule has 0 saturated heterocycles. The summed E-state index contributed by atoms with van der Waals surface area (Å²) in [5, 5.41) is 23.2. The van der Waals surface area contributed by atoms with Crippen molar-refractivity contribution < 1.29 is 24.5 Å². The average molecular weight is 822 g/mol. The zero-order valence-corrected chi connectivity index (χ0v) is 39.3. The van der Waals surface area contributed by atoms with Crippen LogP contribution in [0.1, 0.15) is 296 Å². The van der Waals surface area contributed by atoms with E-state index in [0.29, 0.717) is 25.9 Å². The fourth-order valence-electron chi connectivity index (χ4n) is 8.35. The first-order valence-electron chi connectivity index (χ1n) is 26.3. The largest absolute Gasteiger partial charge is 0.466 e. The molecular formula is C52H103NO5. The molecule has 346 valence electrons. The Morgan fingerprint density at radius 2 is 0.707 bits per heavy atom. The Bertz CT molecular complexity index is 822. The maximum Gasteiger partial charge on any atom is 0.305 e. The first-order valence-corrected chi connectivity index (χ1v) is 26.3. The number of amides is 1. The summed E-state index contributed by atoms with van der Waals surface area (Å²) in [6.07, 6.45) is 53.5. The molecule has 2 atom stereocenters. The molecule has 3 N–H and O–H groups in total. The zero-order chi connectivity index (χ0) is 42.3. The van der Waals surface area contributed by atoms with Gasteiger partial charge in [0.05, 0.1) is 25.4 Å². The second kappa shape index (κ2) is 48.5. The summed E-state index contributed by atoms with van der Waals surface area (Å²) in [7, 11) is 0. The van der Waals surface area contributed by atoms with Gasteiger partial charge in [0, 0.05) is 12.8 Å². The van der Waals surface area contributed by atoms with Crippen LogP contribution in [-0.2, 0) is 14.3 Å². The van der Waals surface area contributed by atoms with Gasteiger partial charge in [-0.2, -0.15) is 0 Å². The van der Waals surface area contributed by atoms with Crippen LogP contribution in [0.4, 0.5) is 0 Å². The summed E-state index contributed by atoms with van der Waals surface area (Å²) in [6.45, 7) is 4.94. The average Bonchev–Trinajstić information content (AvgIpc) is 3.22. The summed E-state index contributed by atoms with van der Waals surface area (Å²) in [6, 6.07) is -0.545. The SMILES string of the molecule is CCCCCCCCCCCCCCCC(=O)OCCCCCCCCCCCCCCCCCC(=O)NC(CO)C(O)CCCCCCCCCCCCCCC. The van der Waals surface area contributed by atoms with Gasteiger partial charge >= 0.3 is 5.97 Å². The number of nitrogens with one attached hydrogen (secondary N) is 1. The van der Waals surface area contributed by atoms with Gasteiger partial charge in [0.25, 0.3) is 0 Å². The van der Waals surface area contributed by atoms with Crippen LogP contribution in [0.5, 0.6) is 0 Å². The van der Waals surface area contributed by atoms with E-state index in [4.69, 9.17) is 4.74 Å². The highest BCUT2D eigenvalue weighted by Gasteiger charge is 2.20. The third-order valence-corrected chi connectivity index (χ3v) is 12.4. The quantitative estimate of drug-likeness (QED) is 0.0420. The van der Waals surface area contributed by atoms with Gasteiger partial charge in [0.2, 0.25) is 5.91 Å². The minimum atomic E-state index is -0.667. The van der Waals surface area contributed by atoms with Gasteiger partial charge in [0.1, 0.15) is 0 Å². The first-order chi connectivity index (χ1) is 28.5. The van der Waals surface area contributed by atoms with Crippen LogP contribution in [0.15, 0.2) is 0 Å². The van der Waals surface area contributed by atoms with E-state index >= 15 is 0 Å². The molecule has 0 fully saturated rings. The lowest BCUT2D eigenvalue weighted by Gasteiger charge is -2.22.